The number of carbonyl (C=O) groups excluding carboxylic acids is 1. The van der Waals surface area contributed by atoms with E-state index in [1.165, 1.54) is 83.5 Å². The molecule has 0 spiro atoms. The zero-order valence-electron chi connectivity index (χ0n) is 21.2. The van der Waals surface area contributed by atoms with Crippen molar-refractivity contribution in [2.24, 2.45) is 0 Å². The van der Waals surface area contributed by atoms with Gasteiger partial charge in [0, 0.05) is 19.6 Å². The number of carbonyl (C=O) groups is 1. The van der Waals surface area contributed by atoms with Crippen LogP contribution in [0.4, 0.5) is 4.79 Å². The number of amides is 1. The van der Waals surface area contributed by atoms with Crippen molar-refractivity contribution < 1.29 is 18.8 Å². The van der Waals surface area contributed by atoms with Crippen molar-refractivity contribution >= 4 is 17.4 Å². The summed E-state index contributed by atoms with van der Waals surface area (Å²) >= 11 is 1.71. The van der Waals surface area contributed by atoms with Gasteiger partial charge in [0.05, 0.1) is 18.5 Å². The highest BCUT2D eigenvalue weighted by molar-refractivity contribution is 7.07. The van der Waals surface area contributed by atoms with E-state index < -0.39 is 0 Å². The molecule has 1 amide bonds. The summed E-state index contributed by atoms with van der Waals surface area (Å²) in [6.07, 6.45) is 23.1. The smallest absolute Gasteiger partial charge is 0.410 e. The van der Waals surface area contributed by atoms with E-state index in [9.17, 15) is 4.79 Å². The molecule has 0 bridgehead atoms. The first-order valence-corrected chi connectivity index (χ1v) is 14.7. The molecule has 2 rings (SSSR count). The van der Waals surface area contributed by atoms with E-state index in [0.717, 1.165) is 39.0 Å². The molecule has 190 valence electrons. The minimum absolute atomic E-state index is 0.101. The Morgan fingerprint density at radius 3 is 2.18 bits per heavy atom. The van der Waals surface area contributed by atoms with Crippen LogP contribution >= 0.6 is 11.3 Å². The van der Waals surface area contributed by atoms with Crippen LogP contribution in [0.15, 0.2) is 17.1 Å². The second-order valence-corrected chi connectivity index (χ2v) is 10.3. The van der Waals surface area contributed by atoms with Gasteiger partial charge in [0.15, 0.2) is 6.20 Å². The summed E-state index contributed by atoms with van der Waals surface area (Å²) in [5.41, 5.74) is 2.12. The van der Waals surface area contributed by atoms with Crippen LogP contribution in [-0.2, 0) is 16.0 Å². The maximum Gasteiger partial charge on any atom is 0.410 e. The van der Waals surface area contributed by atoms with Gasteiger partial charge in [-0.25, -0.2) is 4.79 Å². The summed E-state index contributed by atoms with van der Waals surface area (Å²) in [6, 6.07) is 0. The highest BCUT2D eigenvalue weighted by Gasteiger charge is 2.30. The van der Waals surface area contributed by atoms with Gasteiger partial charge in [-0.1, -0.05) is 102 Å². The number of hydrogen-bond acceptors (Lipinski definition) is 4. The Labute approximate surface area is 206 Å². The number of aromatic nitrogens is 1. The largest absolute Gasteiger partial charge is 0.442 e. The van der Waals surface area contributed by atoms with Crippen molar-refractivity contribution in [2.75, 3.05) is 26.3 Å². The average Bonchev–Trinajstić information content (AvgIpc) is 3.46. The number of thiazole rings is 1. The van der Waals surface area contributed by atoms with Gasteiger partial charge in [0.25, 0.3) is 0 Å². The predicted octanol–water partition coefficient (Wildman–Crippen LogP) is 7.13. The minimum atomic E-state index is -0.178. The Bertz CT molecular complexity index is 582. The van der Waals surface area contributed by atoms with Gasteiger partial charge < -0.3 is 14.4 Å². The lowest BCUT2D eigenvalue weighted by molar-refractivity contribution is -0.692. The molecule has 0 aliphatic carbocycles. The molecule has 1 atom stereocenters. The van der Waals surface area contributed by atoms with Crippen LogP contribution in [0, 0.1) is 0 Å². The van der Waals surface area contributed by atoms with Gasteiger partial charge >= 0.3 is 6.09 Å². The Balaban J connectivity index is 1.31. The van der Waals surface area contributed by atoms with Crippen LogP contribution in [0.2, 0.25) is 0 Å². The van der Waals surface area contributed by atoms with Crippen LogP contribution < -0.4 is 4.57 Å². The Hall–Kier alpha value is -1.14. The van der Waals surface area contributed by atoms with Crippen molar-refractivity contribution in [1.29, 1.82) is 0 Å². The lowest BCUT2D eigenvalue weighted by atomic mass is 10.0. The maximum atomic E-state index is 12.0. The molecule has 0 radical (unpaired) electrons. The van der Waals surface area contributed by atoms with Crippen molar-refractivity contribution in [3.63, 3.8) is 0 Å². The van der Waals surface area contributed by atoms with Gasteiger partial charge in [0.2, 0.25) is 5.51 Å². The molecule has 1 aromatic rings. The van der Waals surface area contributed by atoms with Crippen molar-refractivity contribution in [1.82, 2.24) is 4.90 Å². The van der Waals surface area contributed by atoms with Crippen LogP contribution in [-0.4, -0.2) is 43.4 Å². The van der Waals surface area contributed by atoms with E-state index >= 15 is 0 Å². The van der Waals surface area contributed by atoms with E-state index in [4.69, 9.17) is 9.47 Å². The molecular formula is C27H49N2O3S+. The van der Waals surface area contributed by atoms with E-state index in [2.05, 4.69) is 28.6 Å². The number of unbranched alkanes of at least 4 members (excludes halogenated alkanes) is 14. The number of cyclic esters (lactones) is 1. The summed E-state index contributed by atoms with van der Waals surface area (Å²) in [5, 5.41) is 2.08. The third-order valence-electron chi connectivity index (χ3n) is 6.52. The number of aryl methyl sites for hydroxylation is 1. The van der Waals surface area contributed by atoms with E-state index in [-0.39, 0.29) is 12.2 Å². The number of hydrogen-bond donors (Lipinski definition) is 0. The summed E-state index contributed by atoms with van der Waals surface area (Å²) < 4.78 is 13.4. The topological polar surface area (TPSA) is 42.7 Å². The van der Waals surface area contributed by atoms with Crippen molar-refractivity contribution in [3.05, 3.63) is 17.1 Å². The standard InChI is InChI=1S/C27H49N2O3S/c1-2-3-4-5-6-7-8-9-10-11-12-13-14-17-21-31-24-26-23-29(27(30)32-26)19-16-15-18-28-20-22-33-25-28/h20,22,25-26H,2-19,21,23-24H2,1H3/q+1. The Morgan fingerprint density at radius 1 is 0.939 bits per heavy atom. The van der Waals surface area contributed by atoms with Gasteiger partial charge in [-0.2, -0.15) is 4.57 Å². The van der Waals surface area contributed by atoms with Gasteiger partial charge in [-0.3, -0.25) is 0 Å². The lowest BCUT2D eigenvalue weighted by Crippen LogP contribution is -2.31. The van der Waals surface area contributed by atoms with Crippen LogP contribution in [0.25, 0.3) is 0 Å². The molecule has 6 heteroatoms. The molecule has 0 aromatic carbocycles. The van der Waals surface area contributed by atoms with Crippen LogP contribution in [0.1, 0.15) is 110 Å². The van der Waals surface area contributed by atoms with E-state index in [1.54, 1.807) is 11.3 Å². The molecule has 2 heterocycles. The number of rotatable bonds is 22. The van der Waals surface area contributed by atoms with Crippen LogP contribution in [0.5, 0.6) is 0 Å². The molecule has 33 heavy (non-hydrogen) atoms. The normalized spacial score (nSPS) is 16.0. The molecule has 5 nitrogen and oxygen atoms in total. The monoisotopic (exact) mass is 481 g/mol. The molecule has 1 aromatic heterocycles. The van der Waals surface area contributed by atoms with Gasteiger partial charge in [0.1, 0.15) is 12.6 Å². The first kappa shape index (κ1) is 28.1. The number of ether oxygens (including phenoxy) is 2. The maximum absolute atomic E-state index is 12.0. The second kappa shape index (κ2) is 19.2. The molecule has 1 saturated heterocycles. The molecule has 1 aliphatic rings. The molecule has 1 unspecified atom stereocenters. The third kappa shape index (κ3) is 14.0. The van der Waals surface area contributed by atoms with Gasteiger partial charge in [-0.05, 0) is 12.8 Å². The Kier molecular flexibility index (Phi) is 16.3. The van der Waals surface area contributed by atoms with Crippen molar-refractivity contribution in [2.45, 2.75) is 122 Å². The van der Waals surface area contributed by atoms with E-state index in [0.29, 0.717) is 13.2 Å². The number of nitrogens with zero attached hydrogens (tertiary/aromatic N) is 2. The fourth-order valence-corrected chi connectivity index (χ4v) is 5.07. The lowest BCUT2D eigenvalue weighted by Gasteiger charge is -2.12. The first-order chi connectivity index (χ1) is 16.3. The zero-order chi connectivity index (χ0) is 23.4. The minimum Gasteiger partial charge on any atom is -0.442 e. The molecule has 0 saturated carbocycles. The molecule has 0 N–H and O–H groups in total. The van der Waals surface area contributed by atoms with Gasteiger partial charge in [-0.15, -0.1) is 0 Å². The average molecular weight is 482 g/mol. The third-order valence-corrected chi connectivity index (χ3v) is 7.19. The molecular weight excluding hydrogens is 432 g/mol. The summed E-state index contributed by atoms with van der Waals surface area (Å²) in [5.74, 6) is 0. The predicted molar refractivity (Wildman–Crippen MR) is 137 cm³/mol. The zero-order valence-corrected chi connectivity index (χ0v) is 22.0. The Morgan fingerprint density at radius 2 is 1.58 bits per heavy atom. The fourth-order valence-electron chi connectivity index (χ4n) is 4.44. The van der Waals surface area contributed by atoms with Crippen molar-refractivity contribution in [3.8, 4) is 0 Å². The van der Waals surface area contributed by atoms with E-state index in [1.807, 2.05) is 4.90 Å². The summed E-state index contributed by atoms with van der Waals surface area (Å²) in [7, 11) is 0. The summed E-state index contributed by atoms with van der Waals surface area (Å²) in [4.78, 5) is 13.9. The second-order valence-electron chi connectivity index (χ2n) is 9.59. The SMILES string of the molecule is CCCCCCCCCCCCCCCCOCC1CN(CCCC[n+]2ccsc2)C(=O)O1. The molecule has 1 fully saturated rings. The summed E-state index contributed by atoms with van der Waals surface area (Å²) in [6.45, 7) is 6.06. The quantitative estimate of drug-likeness (QED) is 0.131. The fraction of sp³-hybridized carbons (Fsp3) is 0.852. The molecule has 1 aliphatic heterocycles. The van der Waals surface area contributed by atoms with Crippen LogP contribution in [0.3, 0.4) is 0 Å². The highest BCUT2D eigenvalue weighted by Crippen LogP contribution is 2.14. The first-order valence-electron chi connectivity index (χ1n) is 13.7. The highest BCUT2D eigenvalue weighted by atomic mass is 32.1.